The number of hydrogen-bond donors (Lipinski definition) is 0. The first-order valence-corrected chi connectivity index (χ1v) is 5.31. The zero-order valence-electron chi connectivity index (χ0n) is 9.62. The molecule has 1 aliphatic rings. The van der Waals surface area contributed by atoms with Gasteiger partial charge in [0, 0.05) is 19.3 Å². The second-order valence-electron chi connectivity index (χ2n) is 3.62. The van der Waals surface area contributed by atoms with E-state index in [1.54, 1.807) is 6.08 Å². The standard InChI is InChI=1S/C12H16O4/c1-4-6-10(16-8(3)13)11-9(5-2)7-15-12(11)14/h5,9H,2,4,6-7H2,1,3H3/b11-10-/t9-/m1/s1. The van der Waals surface area contributed by atoms with Crippen LogP contribution in [0, 0.1) is 5.92 Å². The second kappa shape index (κ2) is 5.49. The lowest BCUT2D eigenvalue weighted by molar-refractivity contribution is -0.137. The Kier molecular flexibility index (Phi) is 4.28. The molecular weight excluding hydrogens is 208 g/mol. The van der Waals surface area contributed by atoms with Gasteiger partial charge in [-0.15, -0.1) is 6.58 Å². The molecule has 4 heteroatoms. The quantitative estimate of drug-likeness (QED) is 0.317. The molecule has 16 heavy (non-hydrogen) atoms. The van der Waals surface area contributed by atoms with E-state index in [2.05, 4.69) is 6.58 Å². The maximum absolute atomic E-state index is 11.5. The summed E-state index contributed by atoms with van der Waals surface area (Å²) in [5.41, 5.74) is 0.437. The molecule has 1 rings (SSSR count). The molecule has 0 unspecified atom stereocenters. The van der Waals surface area contributed by atoms with Crippen molar-refractivity contribution >= 4 is 11.9 Å². The predicted octanol–water partition coefficient (Wildman–Crippen LogP) is 1.96. The molecule has 0 aromatic carbocycles. The molecule has 0 aliphatic carbocycles. The van der Waals surface area contributed by atoms with Crippen molar-refractivity contribution in [2.75, 3.05) is 6.61 Å². The van der Waals surface area contributed by atoms with Gasteiger partial charge in [-0.1, -0.05) is 13.0 Å². The number of carbonyl (C=O) groups is 2. The normalized spacial score (nSPS) is 22.6. The molecule has 0 bridgehead atoms. The third-order valence-electron chi connectivity index (χ3n) is 2.31. The van der Waals surface area contributed by atoms with Crippen LogP contribution in [-0.2, 0) is 19.1 Å². The summed E-state index contributed by atoms with van der Waals surface area (Å²) in [7, 11) is 0. The van der Waals surface area contributed by atoms with Crippen LogP contribution in [0.15, 0.2) is 24.0 Å². The van der Waals surface area contributed by atoms with Crippen molar-refractivity contribution < 1.29 is 19.1 Å². The van der Waals surface area contributed by atoms with Gasteiger partial charge in [-0.2, -0.15) is 0 Å². The summed E-state index contributed by atoms with van der Waals surface area (Å²) in [6.45, 7) is 7.20. The van der Waals surface area contributed by atoms with E-state index in [9.17, 15) is 9.59 Å². The number of esters is 2. The Morgan fingerprint density at radius 2 is 2.38 bits per heavy atom. The number of hydrogen-bond acceptors (Lipinski definition) is 4. The highest BCUT2D eigenvalue weighted by molar-refractivity contribution is 5.92. The van der Waals surface area contributed by atoms with E-state index in [1.807, 2.05) is 6.92 Å². The van der Waals surface area contributed by atoms with Crippen LogP contribution in [0.1, 0.15) is 26.7 Å². The zero-order valence-corrected chi connectivity index (χ0v) is 9.62. The minimum atomic E-state index is -0.418. The number of cyclic esters (lactones) is 1. The van der Waals surface area contributed by atoms with E-state index < -0.39 is 11.9 Å². The Morgan fingerprint density at radius 1 is 1.69 bits per heavy atom. The summed E-state index contributed by atoms with van der Waals surface area (Å²) in [6, 6.07) is 0. The van der Waals surface area contributed by atoms with Crippen molar-refractivity contribution in [2.45, 2.75) is 26.7 Å². The van der Waals surface area contributed by atoms with Gasteiger partial charge in [0.15, 0.2) is 0 Å². The molecule has 4 nitrogen and oxygen atoms in total. The highest BCUT2D eigenvalue weighted by Gasteiger charge is 2.32. The average Bonchev–Trinajstić information content (AvgIpc) is 2.58. The molecule has 88 valence electrons. The molecule has 1 saturated heterocycles. The van der Waals surface area contributed by atoms with E-state index in [4.69, 9.17) is 9.47 Å². The maximum Gasteiger partial charge on any atom is 0.338 e. The van der Waals surface area contributed by atoms with Crippen molar-refractivity contribution in [3.8, 4) is 0 Å². The third-order valence-corrected chi connectivity index (χ3v) is 2.31. The fraction of sp³-hybridized carbons (Fsp3) is 0.500. The number of allylic oxidation sites excluding steroid dienone is 1. The number of ether oxygens (including phenoxy) is 2. The Balaban J connectivity index is 3.05. The SMILES string of the molecule is C=C[C@@H]1COC(=O)/C1=C(/CCC)OC(C)=O. The summed E-state index contributed by atoms with van der Waals surface area (Å²) in [6.07, 6.45) is 2.98. The van der Waals surface area contributed by atoms with Crippen molar-refractivity contribution in [3.63, 3.8) is 0 Å². The van der Waals surface area contributed by atoms with Crippen molar-refractivity contribution in [2.24, 2.45) is 5.92 Å². The van der Waals surface area contributed by atoms with Gasteiger partial charge in [0.25, 0.3) is 0 Å². The van der Waals surface area contributed by atoms with Crippen LogP contribution in [0.2, 0.25) is 0 Å². The largest absolute Gasteiger partial charge is 0.461 e. The molecule has 1 fully saturated rings. The summed E-state index contributed by atoms with van der Waals surface area (Å²) in [5.74, 6) is -0.580. The monoisotopic (exact) mass is 224 g/mol. The van der Waals surface area contributed by atoms with E-state index in [-0.39, 0.29) is 12.5 Å². The van der Waals surface area contributed by atoms with Crippen LogP contribution in [0.3, 0.4) is 0 Å². The lowest BCUT2D eigenvalue weighted by Crippen LogP contribution is -2.10. The Morgan fingerprint density at radius 3 is 2.88 bits per heavy atom. The van der Waals surface area contributed by atoms with Crippen LogP contribution in [-0.4, -0.2) is 18.5 Å². The smallest absolute Gasteiger partial charge is 0.338 e. The second-order valence-corrected chi connectivity index (χ2v) is 3.62. The number of rotatable bonds is 4. The van der Waals surface area contributed by atoms with Crippen LogP contribution < -0.4 is 0 Å². The molecule has 0 amide bonds. The predicted molar refractivity (Wildman–Crippen MR) is 58.3 cm³/mol. The first-order chi connectivity index (χ1) is 7.60. The summed E-state index contributed by atoms with van der Waals surface area (Å²) in [4.78, 5) is 22.5. The van der Waals surface area contributed by atoms with Gasteiger partial charge < -0.3 is 9.47 Å². The molecule has 1 heterocycles. The van der Waals surface area contributed by atoms with E-state index >= 15 is 0 Å². The van der Waals surface area contributed by atoms with Gasteiger partial charge in [0.1, 0.15) is 12.4 Å². The summed E-state index contributed by atoms with van der Waals surface area (Å²) in [5, 5.41) is 0. The van der Waals surface area contributed by atoms with Crippen LogP contribution >= 0.6 is 0 Å². The lowest BCUT2D eigenvalue weighted by Gasteiger charge is -2.10. The molecule has 0 N–H and O–H groups in total. The van der Waals surface area contributed by atoms with Gasteiger partial charge in [-0.3, -0.25) is 4.79 Å². The molecule has 0 aromatic heterocycles. The third kappa shape index (κ3) is 2.72. The van der Waals surface area contributed by atoms with Crippen LogP contribution in [0.25, 0.3) is 0 Å². The molecule has 1 atom stereocenters. The van der Waals surface area contributed by atoms with Gasteiger partial charge in [0.2, 0.25) is 0 Å². The molecule has 0 spiro atoms. The van der Waals surface area contributed by atoms with Gasteiger partial charge in [0.05, 0.1) is 5.57 Å². The van der Waals surface area contributed by atoms with Gasteiger partial charge >= 0.3 is 11.9 Å². The summed E-state index contributed by atoms with van der Waals surface area (Å²) >= 11 is 0. The molecule has 1 aliphatic heterocycles. The Bertz CT molecular complexity index is 341. The topological polar surface area (TPSA) is 52.6 Å². The molecule has 0 radical (unpaired) electrons. The molecule has 0 saturated carbocycles. The fourth-order valence-electron chi connectivity index (χ4n) is 1.63. The first-order valence-electron chi connectivity index (χ1n) is 5.31. The molecule has 0 aromatic rings. The maximum atomic E-state index is 11.5. The van der Waals surface area contributed by atoms with Crippen LogP contribution in [0.5, 0.6) is 0 Å². The van der Waals surface area contributed by atoms with Gasteiger partial charge in [-0.05, 0) is 6.42 Å². The Labute approximate surface area is 94.9 Å². The highest BCUT2D eigenvalue weighted by Crippen LogP contribution is 2.28. The van der Waals surface area contributed by atoms with Gasteiger partial charge in [-0.25, -0.2) is 4.79 Å². The minimum absolute atomic E-state index is 0.173. The Hall–Kier alpha value is -1.58. The lowest BCUT2D eigenvalue weighted by atomic mass is 9.99. The van der Waals surface area contributed by atoms with Crippen molar-refractivity contribution in [1.82, 2.24) is 0 Å². The van der Waals surface area contributed by atoms with E-state index in [0.29, 0.717) is 17.8 Å². The number of carbonyl (C=O) groups excluding carboxylic acids is 2. The van der Waals surface area contributed by atoms with Crippen LogP contribution in [0.4, 0.5) is 0 Å². The molecular formula is C12H16O4. The highest BCUT2D eigenvalue weighted by atomic mass is 16.6. The summed E-state index contributed by atoms with van der Waals surface area (Å²) < 4.78 is 9.99. The minimum Gasteiger partial charge on any atom is -0.461 e. The first kappa shape index (κ1) is 12.5. The average molecular weight is 224 g/mol. The van der Waals surface area contributed by atoms with E-state index in [0.717, 1.165) is 6.42 Å². The van der Waals surface area contributed by atoms with Crippen molar-refractivity contribution in [3.05, 3.63) is 24.0 Å². The fourth-order valence-corrected chi connectivity index (χ4v) is 1.63. The zero-order chi connectivity index (χ0) is 12.1. The van der Waals surface area contributed by atoms with Crippen molar-refractivity contribution in [1.29, 1.82) is 0 Å². The van der Waals surface area contributed by atoms with E-state index in [1.165, 1.54) is 6.92 Å².